The summed E-state index contributed by atoms with van der Waals surface area (Å²) in [5.41, 5.74) is 1.78. The van der Waals surface area contributed by atoms with Crippen LogP contribution in [0.2, 0.25) is 0 Å². The quantitative estimate of drug-likeness (QED) is 0.640. The highest BCUT2D eigenvalue weighted by atomic mass is 16.5. The van der Waals surface area contributed by atoms with Gasteiger partial charge in [0.05, 0.1) is 12.7 Å². The number of carbonyl (C=O) groups is 1. The fourth-order valence-corrected chi connectivity index (χ4v) is 1.73. The topological polar surface area (TPSA) is 46.5 Å². The Morgan fingerprint density at radius 2 is 1.83 bits per heavy atom. The lowest BCUT2D eigenvalue weighted by Crippen LogP contribution is -2.08. The van der Waals surface area contributed by atoms with Crippen molar-refractivity contribution in [3.8, 4) is 11.5 Å². The summed E-state index contributed by atoms with van der Waals surface area (Å²) in [4.78, 5) is 12.2. The minimum atomic E-state index is -0.196. The van der Waals surface area contributed by atoms with Crippen LogP contribution in [-0.2, 0) is 0 Å². The molecule has 0 amide bonds. The monoisotopic (exact) mass is 240 g/mol. The predicted molar refractivity (Wildman–Crippen MR) is 72.7 cm³/mol. The van der Waals surface area contributed by atoms with Gasteiger partial charge in [0.1, 0.15) is 19.3 Å². The molecule has 2 aromatic carbocycles. The number of phenols is 1. The van der Waals surface area contributed by atoms with Crippen LogP contribution in [0.1, 0.15) is 15.9 Å². The Morgan fingerprint density at radius 3 is 2.44 bits per heavy atom. The zero-order chi connectivity index (χ0) is 13.1. The Kier molecular flexibility index (Phi) is 3.37. The minimum Gasteiger partial charge on any atom is -0.507 e. The summed E-state index contributed by atoms with van der Waals surface area (Å²) < 4.78 is 5.04. The van der Waals surface area contributed by atoms with Crippen molar-refractivity contribution in [2.75, 3.05) is 7.11 Å². The average molecular weight is 240 g/mol. The number of phenolic OH excluding ortho intramolecular Hbond substituents is 1. The van der Waals surface area contributed by atoms with Crippen LogP contribution < -0.4 is 10.2 Å². The van der Waals surface area contributed by atoms with Gasteiger partial charge >= 0.3 is 0 Å². The second-order valence-electron chi connectivity index (χ2n) is 4.08. The third kappa shape index (κ3) is 2.37. The first-order valence-corrected chi connectivity index (χ1v) is 5.60. The van der Waals surface area contributed by atoms with Gasteiger partial charge in [0.15, 0.2) is 5.78 Å². The molecule has 2 aromatic rings. The molecule has 0 aromatic heterocycles. The van der Waals surface area contributed by atoms with Gasteiger partial charge in [-0.25, -0.2) is 0 Å². The second-order valence-corrected chi connectivity index (χ2v) is 4.08. The number of aromatic hydroxyl groups is 1. The summed E-state index contributed by atoms with van der Waals surface area (Å²) in [6, 6.07) is 11.8. The van der Waals surface area contributed by atoms with Crippen molar-refractivity contribution in [2.45, 2.75) is 0 Å². The first-order valence-electron chi connectivity index (χ1n) is 5.60. The maximum absolute atomic E-state index is 12.2. The largest absolute Gasteiger partial charge is 0.507 e. The molecule has 0 heterocycles. The summed E-state index contributed by atoms with van der Waals surface area (Å²) in [6.07, 6.45) is 0. The zero-order valence-electron chi connectivity index (χ0n) is 10.3. The maximum atomic E-state index is 12.2. The van der Waals surface area contributed by atoms with Gasteiger partial charge in [-0.1, -0.05) is 17.6 Å². The third-order valence-electron chi connectivity index (χ3n) is 2.75. The number of ether oxygens (including phenoxy) is 1. The van der Waals surface area contributed by atoms with E-state index in [0.29, 0.717) is 16.9 Å². The van der Waals surface area contributed by atoms with Gasteiger partial charge in [-0.15, -0.1) is 0 Å². The Labute approximate surface area is 106 Å². The van der Waals surface area contributed by atoms with Crippen molar-refractivity contribution in [1.29, 1.82) is 0 Å². The summed E-state index contributed by atoms with van der Waals surface area (Å²) in [5.74, 6) is 0.500. The van der Waals surface area contributed by atoms with E-state index in [-0.39, 0.29) is 11.5 Å². The van der Waals surface area contributed by atoms with Crippen molar-refractivity contribution < 1.29 is 14.6 Å². The van der Waals surface area contributed by atoms with Crippen molar-refractivity contribution >= 4 is 19.1 Å². The van der Waals surface area contributed by atoms with Gasteiger partial charge in [-0.3, -0.25) is 4.79 Å². The fourth-order valence-electron chi connectivity index (χ4n) is 1.73. The van der Waals surface area contributed by atoms with Gasteiger partial charge in [0.2, 0.25) is 0 Å². The predicted octanol–water partition coefficient (Wildman–Crippen LogP) is 0.890. The normalized spacial score (nSPS) is 10.1. The number of carbonyl (C=O) groups excluding carboxylic acids is 1. The molecule has 0 radical (unpaired) electrons. The van der Waals surface area contributed by atoms with Crippen LogP contribution in [0.5, 0.6) is 11.5 Å². The molecule has 0 aliphatic rings. The minimum absolute atomic E-state index is 0.00131. The molecule has 0 saturated heterocycles. The summed E-state index contributed by atoms with van der Waals surface area (Å²) in [5, 5.41) is 9.72. The van der Waals surface area contributed by atoms with Crippen molar-refractivity contribution in [2.24, 2.45) is 0 Å². The van der Waals surface area contributed by atoms with Crippen LogP contribution in [0.15, 0.2) is 42.5 Å². The van der Waals surface area contributed by atoms with E-state index in [1.807, 2.05) is 7.85 Å². The molecule has 0 saturated carbocycles. The van der Waals surface area contributed by atoms with E-state index in [1.54, 1.807) is 43.5 Å². The molecule has 0 fully saturated rings. The lowest BCUT2D eigenvalue weighted by molar-refractivity contribution is 0.103. The molecule has 0 atom stereocenters. The average Bonchev–Trinajstić information content (AvgIpc) is 2.41. The molecule has 18 heavy (non-hydrogen) atoms. The Morgan fingerprint density at radius 1 is 1.17 bits per heavy atom. The lowest BCUT2D eigenvalue weighted by atomic mass is 9.91. The SMILES string of the molecule is Bc1ccc(O)c(C(=O)c2ccc(OC)cc2)c1. The molecular weight excluding hydrogens is 227 g/mol. The van der Waals surface area contributed by atoms with E-state index in [2.05, 4.69) is 0 Å². The Hall–Kier alpha value is -2.23. The van der Waals surface area contributed by atoms with Gasteiger partial charge < -0.3 is 9.84 Å². The number of ketones is 1. The molecule has 2 rings (SSSR count). The van der Waals surface area contributed by atoms with E-state index >= 15 is 0 Å². The molecule has 1 N–H and O–H groups in total. The fraction of sp³-hybridized carbons (Fsp3) is 0.0714. The molecule has 0 aliphatic carbocycles. The van der Waals surface area contributed by atoms with Gasteiger partial charge in [-0.2, -0.15) is 0 Å². The Bertz CT molecular complexity index is 576. The number of hydrogen-bond acceptors (Lipinski definition) is 3. The van der Waals surface area contributed by atoms with Crippen LogP contribution in [0.25, 0.3) is 0 Å². The molecule has 0 unspecified atom stereocenters. The Balaban J connectivity index is 2.38. The first kappa shape index (κ1) is 12.2. The highest BCUT2D eigenvalue weighted by Gasteiger charge is 2.13. The number of rotatable bonds is 3. The standard InChI is InChI=1S/C14H13BO3/c1-18-11-5-2-9(3-6-11)14(17)12-8-10(15)4-7-13(12)16/h2-8,16H,15H2,1H3. The second kappa shape index (κ2) is 4.96. The van der Waals surface area contributed by atoms with E-state index < -0.39 is 0 Å². The summed E-state index contributed by atoms with van der Waals surface area (Å²) >= 11 is 0. The molecule has 4 heteroatoms. The van der Waals surface area contributed by atoms with Crippen molar-refractivity contribution in [3.63, 3.8) is 0 Å². The highest BCUT2D eigenvalue weighted by Crippen LogP contribution is 2.20. The van der Waals surface area contributed by atoms with Gasteiger partial charge in [0.25, 0.3) is 0 Å². The van der Waals surface area contributed by atoms with Crippen LogP contribution >= 0.6 is 0 Å². The van der Waals surface area contributed by atoms with Crippen molar-refractivity contribution in [3.05, 3.63) is 53.6 Å². The smallest absolute Gasteiger partial charge is 0.196 e. The molecule has 90 valence electrons. The number of hydrogen-bond donors (Lipinski definition) is 1. The van der Waals surface area contributed by atoms with Gasteiger partial charge in [-0.05, 0) is 30.3 Å². The molecule has 3 nitrogen and oxygen atoms in total. The van der Waals surface area contributed by atoms with E-state index in [4.69, 9.17) is 4.74 Å². The van der Waals surface area contributed by atoms with Crippen LogP contribution in [0, 0.1) is 0 Å². The summed E-state index contributed by atoms with van der Waals surface area (Å²) in [7, 11) is 3.45. The van der Waals surface area contributed by atoms with Crippen LogP contribution in [-0.4, -0.2) is 25.8 Å². The van der Waals surface area contributed by atoms with E-state index in [1.165, 1.54) is 6.07 Å². The van der Waals surface area contributed by atoms with Crippen LogP contribution in [0.4, 0.5) is 0 Å². The zero-order valence-corrected chi connectivity index (χ0v) is 10.3. The van der Waals surface area contributed by atoms with Crippen LogP contribution in [0.3, 0.4) is 0 Å². The highest BCUT2D eigenvalue weighted by molar-refractivity contribution is 6.33. The molecule has 0 aliphatic heterocycles. The number of methoxy groups -OCH3 is 1. The third-order valence-corrected chi connectivity index (χ3v) is 2.75. The number of benzene rings is 2. The molecule has 0 spiro atoms. The van der Waals surface area contributed by atoms with E-state index in [0.717, 1.165) is 5.46 Å². The van der Waals surface area contributed by atoms with Crippen molar-refractivity contribution in [1.82, 2.24) is 0 Å². The lowest BCUT2D eigenvalue weighted by Gasteiger charge is -2.06. The molecule has 0 bridgehead atoms. The van der Waals surface area contributed by atoms with Gasteiger partial charge in [0, 0.05) is 5.56 Å². The molecular formula is C14H13BO3. The summed E-state index contributed by atoms with van der Waals surface area (Å²) in [6.45, 7) is 0. The van der Waals surface area contributed by atoms with E-state index in [9.17, 15) is 9.90 Å². The first-order chi connectivity index (χ1) is 8.61. The maximum Gasteiger partial charge on any atom is 0.196 e.